The topological polar surface area (TPSA) is 93.4 Å². The standard InChI is InChI=1S/C17H13NO5S/c1-24(21,22)13-7-4-6-12(10-13)18-16(19)14-9-11-5-2-3-8-15(11)23-17(14)20/h2-10H,1H3,(H,18,19). The summed E-state index contributed by atoms with van der Waals surface area (Å²) >= 11 is 0. The molecule has 0 saturated heterocycles. The lowest BCUT2D eigenvalue weighted by molar-refractivity contribution is 0.102. The zero-order chi connectivity index (χ0) is 17.3. The number of rotatable bonds is 3. The molecule has 3 rings (SSSR count). The molecule has 3 aromatic rings. The number of fused-ring (bicyclic) bond motifs is 1. The summed E-state index contributed by atoms with van der Waals surface area (Å²) < 4.78 is 28.2. The molecule has 0 fully saturated rings. The van der Waals surface area contributed by atoms with E-state index >= 15 is 0 Å². The quantitative estimate of drug-likeness (QED) is 0.737. The predicted molar refractivity (Wildman–Crippen MR) is 90.0 cm³/mol. The molecule has 1 N–H and O–H groups in total. The fourth-order valence-electron chi connectivity index (χ4n) is 2.22. The third kappa shape index (κ3) is 3.21. The molecule has 0 bridgehead atoms. The van der Waals surface area contributed by atoms with E-state index < -0.39 is 21.4 Å². The van der Waals surface area contributed by atoms with Gasteiger partial charge in [0.25, 0.3) is 5.91 Å². The van der Waals surface area contributed by atoms with Gasteiger partial charge in [0.1, 0.15) is 11.1 Å². The van der Waals surface area contributed by atoms with Crippen molar-refractivity contribution in [3.05, 3.63) is 70.6 Å². The van der Waals surface area contributed by atoms with E-state index in [4.69, 9.17) is 4.42 Å². The van der Waals surface area contributed by atoms with E-state index in [1.165, 1.54) is 30.3 Å². The van der Waals surface area contributed by atoms with Crippen molar-refractivity contribution in [3.63, 3.8) is 0 Å². The zero-order valence-corrected chi connectivity index (χ0v) is 13.5. The van der Waals surface area contributed by atoms with Gasteiger partial charge in [-0.05, 0) is 30.3 Å². The molecule has 1 heterocycles. The summed E-state index contributed by atoms with van der Waals surface area (Å²) in [6, 6.07) is 14.1. The second-order valence-electron chi connectivity index (χ2n) is 5.24. The van der Waals surface area contributed by atoms with Crippen molar-refractivity contribution in [1.29, 1.82) is 0 Å². The van der Waals surface area contributed by atoms with Crippen LogP contribution in [0.4, 0.5) is 5.69 Å². The van der Waals surface area contributed by atoms with Crippen LogP contribution >= 0.6 is 0 Å². The maximum absolute atomic E-state index is 12.3. The van der Waals surface area contributed by atoms with Crippen LogP contribution in [-0.2, 0) is 9.84 Å². The molecular weight excluding hydrogens is 330 g/mol. The SMILES string of the molecule is CS(=O)(=O)c1cccc(NC(=O)c2cc3ccccc3oc2=O)c1. The Hall–Kier alpha value is -2.93. The molecule has 0 aliphatic heterocycles. The molecule has 2 aromatic carbocycles. The van der Waals surface area contributed by atoms with E-state index in [2.05, 4.69) is 5.32 Å². The van der Waals surface area contributed by atoms with Crippen molar-refractivity contribution in [2.75, 3.05) is 11.6 Å². The van der Waals surface area contributed by atoms with Crippen molar-refractivity contribution in [3.8, 4) is 0 Å². The van der Waals surface area contributed by atoms with Crippen molar-refractivity contribution < 1.29 is 17.6 Å². The summed E-state index contributed by atoms with van der Waals surface area (Å²) in [4.78, 5) is 24.4. The van der Waals surface area contributed by atoms with Crippen LogP contribution in [0.1, 0.15) is 10.4 Å². The van der Waals surface area contributed by atoms with E-state index in [1.54, 1.807) is 24.3 Å². The minimum absolute atomic E-state index is 0.0749. The molecule has 0 unspecified atom stereocenters. The van der Waals surface area contributed by atoms with Crippen LogP contribution in [0.15, 0.2) is 68.7 Å². The number of nitrogens with one attached hydrogen (secondary N) is 1. The summed E-state index contributed by atoms with van der Waals surface area (Å²) in [6.45, 7) is 0. The number of hydrogen-bond acceptors (Lipinski definition) is 5. The van der Waals surface area contributed by atoms with Gasteiger partial charge in [-0.25, -0.2) is 13.2 Å². The number of carbonyl (C=O) groups is 1. The minimum atomic E-state index is -3.39. The predicted octanol–water partition coefficient (Wildman–Crippen LogP) is 2.45. The molecule has 1 aromatic heterocycles. The average Bonchev–Trinajstić information content (AvgIpc) is 2.53. The summed E-state index contributed by atoms with van der Waals surface area (Å²) in [5.74, 6) is -0.667. The third-order valence-corrected chi connectivity index (χ3v) is 4.52. The number of carbonyl (C=O) groups excluding carboxylic acids is 1. The molecule has 7 heteroatoms. The van der Waals surface area contributed by atoms with E-state index in [-0.39, 0.29) is 16.1 Å². The number of benzene rings is 2. The first-order valence-corrected chi connectivity index (χ1v) is 8.88. The highest BCUT2D eigenvalue weighted by Gasteiger charge is 2.15. The lowest BCUT2D eigenvalue weighted by Crippen LogP contribution is -2.20. The molecule has 0 aliphatic rings. The summed E-state index contributed by atoms with van der Waals surface area (Å²) in [6.07, 6.45) is 1.08. The van der Waals surface area contributed by atoms with Gasteiger partial charge in [-0.1, -0.05) is 24.3 Å². The molecule has 24 heavy (non-hydrogen) atoms. The van der Waals surface area contributed by atoms with Crippen LogP contribution in [0.5, 0.6) is 0 Å². The second-order valence-corrected chi connectivity index (χ2v) is 7.26. The van der Waals surface area contributed by atoms with Gasteiger partial charge in [-0.2, -0.15) is 0 Å². The highest BCUT2D eigenvalue weighted by molar-refractivity contribution is 7.90. The van der Waals surface area contributed by atoms with E-state index in [0.717, 1.165) is 6.26 Å². The van der Waals surface area contributed by atoms with E-state index in [9.17, 15) is 18.0 Å². The molecule has 1 amide bonds. The number of anilines is 1. The Labute approximate surface area is 137 Å². The fraction of sp³-hybridized carbons (Fsp3) is 0.0588. The van der Waals surface area contributed by atoms with Crippen LogP contribution in [0, 0.1) is 0 Å². The van der Waals surface area contributed by atoms with Gasteiger partial charge in [-0.3, -0.25) is 4.79 Å². The Morgan fingerprint density at radius 3 is 2.54 bits per heavy atom. The Morgan fingerprint density at radius 1 is 1.04 bits per heavy atom. The average molecular weight is 343 g/mol. The van der Waals surface area contributed by atoms with Gasteiger partial charge in [0.2, 0.25) is 0 Å². The van der Waals surface area contributed by atoms with E-state index in [1.807, 2.05) is 0 Å². The first kappa shape index (κ1) is 15.9. The van der Waals surface area contributed by atoms with Crippen molar-refractivity contribution in [1.82, 2.24) is 0 Å². The number of para-hydroxylation sites is 1. The van der Waals surface area contributed by atoms with Crippen LogP contribution in [0.3, 0.4) is 0 Å². The summed E-state index contributed by atoms with van der Waals surface area (Å²) in [7, 11) is -3.39. The van der Waals surface area contributed by atoms with Gasteiger partial charge in [0.05, 0.1) is 4.90 Å². The molecule has 0 atom stereocenters. The van der Waals surface area contributed by atoms with Crippen molar-refractivity contribution in [2.24, 2.45) is 0 Å². The van der Waals surface area contributed by atoms with Gasteiger partial charge in [-0.15, -0.1) is 0 Å². The normalized spacial score (nSPS) is 11.4. The molecule has 0 radical (unpaired) electrons. The fourth-order valence-corrected chi connectivity index (χ4v) is 2.89. The lowest BCUT2D eigenvalue weighted by atomic mass is 10.1. The lowest BCUT2D eigenvalue weighted by Gasteiger charge is -2.06. The van der Waals surface area contributed by atoms with Gasteiger partial charge in [0, 0.05) is 17.3 Å². The Kier molecular flexibility index (Phi) is 3.94. The number of amides is 1. The third-order valence-electron chi connectivity index (χ3n) is 3.41. The Bertz CT molecular complexity index is 1100. The Balaban J connectivity index is 1.96. The molecular formula is C17H13NO5S. The highest BCUT2D eigenvalue weighted by atomic mass is 32.2. The molecule has 122 valence electrons. The number of hydrogen-bond donors (Lipinski definition) is 1. The minimum Gasteiger partial charge on any atom is -0.422 e. The second kappa shape index (κ2) is 5.93. The van der Waals surface area contributed by atoms with Gasteiger partial charge < -0.3 is 9.73 Å². The molecule has 0 spiro atoms. The summed E-state index contributed by atoms with van der Waals surface area (Å²) in [5, 5.41) is 3.13. The molecule has 0 saturated carbocycles. The van der Waals surface area contributed by atoms with Crippen molar-refractivity contribution >= 4 is 32.4 Å². The Morgan fingerprint density at radius 2 is 1.79 bits per heavy atom. The van der Waals surface area contributed by atoms with Crippen molar-refractivity contribution in [2.45, 2.75) is 4.90 Å². The summed E-state index contributed by atoms with van der Waals surface area (Å²) in [5.41, 5.74) is -0.252. The van der Waals surface area contributed by atoms with Crippen LogP contribution in [0.25, 0.3) is 11.0 Å². The zero-order valence-electron chi connectivity index (χ0n) is 12.6. The first-order chi connectivity index (χ1) is 11.3. The first-order valence-electron chi connectivity index (χ1n) is 6.99. The smallest absolute Gasteiger partial charge is 0.349 e. The van der Waals surface area contributed by atoms with Gasteiger partial charge in [0.15, 0.2) is 9.84 Å². The molecule has 6 nitrogen and oxygen atoms in total. The maximum Gasteiger partial charge on any atom is 0.349 e. The largest absolute Gasteiger partial charge is 0.422 e. The maximum atomic E-state index is 12.3. The van der Waals surface area contributed by atoms with Crippen LogP contribution in [-0.4, -0.2) is 20.6 Å². The van der Waals surface area contributed by atoms with Gasteiger partial charge >= 0.3 is 5.63 Å². The van der Waals surface area contributed by atoms with E-state index in [0.29, 0.717) is 11.0 Å². The number of sulfone groups is 1. The monoisotopic (exact) mass is 343 g/mol. The highest BCUT2D eigenvalue weighted by Crippen LogP contribution is 2.17. The van der Waals surface area contributed by atoms with Crippen LogP contribution in [0.2, 0.25) is 0 Å². The van der Waals surface area contributed by atoms with Crippen LogP contribution < -0.4 is 10.9 Å². The molecule has 0 aliphatic carbocycles.